The molecule has 0 radical (unpaired) electrons. The van der Waals surface area contributed by atoms with Crippen molar-refractivity contribution in [1.82, 2.24) is 4.98 Å². The number of carbonyl (C=O) groups is 1. The number of anilines is 1. The summed E-state index contributed by atoms with van der Waals surface area (Å²) in [5.41, 5.74) is 2.31. The molecule has 0 aliphatic heterocycles. The van der Waals surface area contributed by atoms with Crippen molar-refractivity contribution >= 4 is 11.8 Å². The van der Waals surface area contributed by atoms with Gasteiger partial charge in [0.25, 0.3) is 0 Å². The fourth-order valence-electron chi connectivity index (χ4n) is 3.41. The molecule has 1 aromatic heterocycles. The van der Waals surface area contributed by atoms with E-state index >= 15 is 0 Å². The molecule has 1 atom stereocenters. The predicted octanol–water partition coefficient (Wildman–Crippen LogP) is 6.75. The molecule has 32 heavy (non-hydrogen) atoms. The van der Waals surface area contributed by atoms with Crippen LogP contribution < -0.4 is 5.32 Å². The molecule has 0 saturated heterocycles. The zero-order chi connectivity index (χ0) is 23.3. The topological polar surface area (TPSA) is 51.2 Å². The van der Waals surface area contributed by atoms with Crippen LogP contribution in [0, 0.1) is 5.92 Å². The predicted molar refractivity (Wildman–Crippen MR) is 118 cm³/mol. The number of hydrogen-bond acceptors (Lipinski definition) is 4. The molecule has 2 aromatic carbocycles. The number of alkyl halides is 3. The molecule has 0 fully saturated rings. The first-order chi connectivity index (χ1) is 15.2. The first kappa shape index (κ1) is 23.3. The van der Waals surface area contributed by atoms with Gasteiger partial charge < -0.3 is 10.1 Å². The third kappa shape index (κ3) is 5.87. The molecule has 1 heterocycles. The van der Waals surface area contributed by atoms with Crippen LogP contribution in [0.4, 0.5) is 19.0 Å². The molecular weight excluding hydrogens is 417 g/mol. The van der Waals surface area contributed by atoms with E-state index in [0.29, 0.717) is 17.3 Å². The molecule has 3 aromatic rings. The smallest absolute Gasteiger partial charge is 0.416 e. The average molecular weight is 442 g/mol. The van der Waals surface area contributed by atoms with E-state index in [4.69, 9.17) is 4.74 Å². The van der Waals surface area contributed by atoms with Crippen molar-refractivity contribution in [2.75, 3.05) is 12.4 Å². The molecule has 3 rings (SSSR count). The third-order valence-electron chi connectivity index (χ3n) is 5.07. The first-order valence-corrected chi connectivity index (χ1v) is 10.3. The lowest BCUT2D eigenvalue weighted by Crippen LogP contribution is -2.14. The molecule has 1 N–H and O–H groups in total. The molecule has 0 amide bonds. The standard InChI is InChI=1S/C25H25F3N2O2/c1-16(2)14-22(30-23-13-10-20(15-29-23)24(31)32-3)19-6-4-17(5-7-19)18-8-11-21(12-9-18)25(26,27)28/h4-13,15-16,22H,14H2,1-3H3,(H,29,30). The minimum Gasteiger partial charge on any atom is -0.465 e. The molecule has 4 nitrogen and oxygen atoms in total. The van der Waals surface area contributed by atoms with Crippen molar-refractivity contribution < 1.29 is 22.7 Å². The number of methoxy groups -OCH3 is 1. The van der Waals surface area contributed by atoms with Gasteiger partial charge in [0.2, 0.25) is 0 Å². The minimum absolute atomic E-state index is 0.0202. The molecule has 0 saturated carbocycles. The summed E-state index contributed by atoms with van der Waals surface area (Å²) < 4.78 is 43.1. The van der Waals surface area contributed by atoms with Crippen LogP contribution in [0.15, 0.2) is 66.9 Å². The Hall–Kier alpha value is -3.35. The Morgan fingerprint density at radius 1 is 0.969 bits per heavy atom. The zero-order valence-corrected chi connectivity index (χ0v) is 18.1. The number of nitrogens with zero attached hydrogens (tertiary/aromatic N) is 1. The molecule has 0 spiro atoms. The van der Waals surface area contributed by atoms with Crippen LogP contribution in [0.25, 0.3) is 11.1 Å². The van der Waals surface area contributed by atoms with E-state index in [0.717, 1.165) is 35.2 Å². The molecular formula is C25H25F3N2O2. The van der Waals surface area contributed by atoms with Gasteiger partial charge in [-0.2, -0.15) is 13.2 Å². The van der Waals surface area contributed by atoms with E-state index in [1.54, 1.807) is 12.1 Å². The highest BCUT2D eigenvalue weighted by atomic mass is 19.4. The maximum absolute atomic E-state index is 12.8. The van der Waals surface area contributed by atoms with Crippen molar-refractivity contribution in [1.29, 1.82) is 0 Å². The van der Waals surface area contributed by atoms with E-state index in [1.807, 2.05) is 24.3 Å². The van der Waals surface area contributed by atoms with Gasteiger partial charge in [0, 0.05) is 6.20 Å². The Labute approximate surface area is 185 Å². The van der Waals surface area contributed by atoms with Gasteiger partial charge in [-0.1, -0.05) is 50.2 Å². The Morgan fingerprint density at radius 2 is 1.56 bits per heavy atom. The summed E-state index contributed by atoms with van der Waals surface area (Å²) in [7, 11) is 1.32. The van der Waals surface area contributed by atoms with Crippen LogP contribution in [-0.2, 0) is 10.9 Å². The maximum Gasteiger partial charge on any atom is 0.416 e. The molecule has 0 bridgehead atoms. The number of rotatable bonds is 7. The van der Waals surface area contributed by atoms with E-state index in [1.165, 1.54) is 25.4 Å². The average Bonchev–Trinajstić information content (AvgIpc) is 2.78. The van der Waals surface area contributed by atoms with Crippen molar-refractivity contribution in [3.05, 3.63) is 83.6 Å². The Balaban J connectivity index is 1.78. The number of esters is 1. The summed E-state index contributed by atoms with van der Waals surface area (Å²) in [5.74, 6) is 0.605. The SMILES string of the molecule is COC(=O)c1ccc(NC(CC(C)C)c2ccc(-c3ccc(C(F)(F)F)cc3)cc2)nc1. The summed E-state index contributed by atoms with van der Waals surface area (Å²) in [5, 5.41) is 3.41. The monoisotopic (exact) mass is 442 g/mol. The van der Waals surface area contributed by atoms with Crippen molar-refractivity contribution in [3.8, 4) is 11.1 Å². The molecule has 168 valence electrons. The Kier molecular flexibility index (Phi) is 7.18. The number of benzene rings is 2. The summed E-state index contributed by atoms with van der Waals surface area (Å²) in [6.07, 6.45) is -2.03. The lowest BCUT2D eigenvalue weighted by Gasteiger charge is -2.22. The largest absolute Gasteiger partial charge is 0.465 e. The lowest BCUT2D eigenvalue weighted by molar-refractivity contribution is -0.137. The third-order valence-corrected chi connectivity index (χ3v) is 5.07. The fraction of sp³-hybridized carbons (Fsp3) is 0.280. The zero-order valence-electron chi connectivity index (χ0n) is 18.1. The number of nitrogens with one attached hydrogen (secondary N) is 1. The maximum atomic E-state index is 12.8. The van der Waals surface area contributed by atoms with Gasteiger partial charge in [-0.15, -0.1) is 0 Å². The van der Waals surface area contributed by atoms with E-state index < -0.39 is 17.7 Å². The number of aromatic nitrogens is 1. The number of halogens is 3. The van der Waals surface area contributed by atoms with Gasteiger partial charge in [0.1, 0.15) is 5.82 Å². The van der Waals surface area contributed by atoms with Gasteiger partial charge in [0.15, 0.2) is 0 Å². The normalized spacial score (nSPS) is 12.5. The van der Waals surface area contributed by atoms with Crippen LogP contribution in [0.1, 0.15) is 47.8 Å². The number of pyridine rings is 1. The second-order valence-electron chi connectivity index (χ2n) is 7.95. The van der Waals surface area contributed by atoms with Crippen LogP contribution in [0.2, 0.25) is 0 Å². The highest BCUT2D eigenvalue weighted by Crippen LogP contribution is 2.32. The highest BCUT2D eigenvalue weighted by molar-refractivity contribution is 5.89. The molecule has 7 heteroatoms. The Morgan fingerprint density at radius 3 is 2.03 bits per heavy atom. The number of hydrogen-bond donors (Lipinski definition) is 1. The number of carbonyl (C=O) groups excluding carboxylic acids is 1. The van der Waals surface area contributed by atoms with E-state index in [-0.39, 0.29) is 6.04 Å². The van der Waals surface area contributed by atoms with Crippen LogP contribution in [0.3, 0.4) is 0 Å². The van der Waals surface area contributed by atoms with Gasteiger partial charge >= 0.3 is 12.1 Å². The van der Waals surface area contributed by atoms with Gasteiger partial charge in [0.05, 0.1) is 24.3 Å². The Bertz CT molecular complexity index is 1030. The summed E-state index contributed by atoms with van der Waals surface area (Å²) in [4.78, 5) is 15.9. The first-order valence-electron chi connectivity index (χ1n) is 10.3. The van der Waals surface area contributed by atoms with Crippen molar-refractivity contribution in [3.63, 3.8) is 0 Å². The van der Waals surface area contributed by atoms with Crippen LogP contribution in [-0.4, -0.2) is 18.1 Å². The van der Waals surface area contributed by atoms with Crippen LogP contribution >= 0.6 is 0 Å². The summed E-state index contributed by atoms with van der Waals surface area (Å²) in [6.45, 7) is 4.25. The second kappa shape index (κ2) is 9.85. The van der Waals surface area contributed by atoms with Crippen LogP contribution in [0.5, 0.6) is 0 Å². The highest BCUT2D eigenvalue weighted by Gasteiger charge is 2.30. The minimum atomic E-state index is -4.35. The van der Waals surface area contributed by atoms with Crippen molar-refractivity contribution in [2.45, 2.75) is 32.5 Å². The summed E-state index contributed by atoms with van der Waals surface area (Å²) in [6, 6.07) is 16.3. The molecule has 0 aliphatic carbocycles. The quantitative estimate of drug-likeness (QED) is 0.411. The molecule has 0 aliphatic rings. The fourth-order valence-corrected chi connectivity index (χ4v) is 3.41. The van der Waals surface area contributed by atoms with Gasteiger partial charge in [-0.05, 0) is 53.3 Å². The van der Waals surface area contributed by atoms with Crippen molar-refractivity contribution in [2.24, 2.45) is 5.92 Å². The second-order valence-corrected chi connectivity index (χ2v) is 7.95. The molecule has 1 unspecified atom stereocenters. The van der Waals surface area contributed by atoms with E-state index in [9.17, 15) is 18.0 Å². The van der Waals surface area contributed by atoms with E-state index in [2.05, 4.69) is 24.1 Å². The van der Waals surface area contributed by atoms with Gasteiger partial charge in [-0.3, -0.25) is 0 Å². The lowest BCUT2D eigenvalue weighted by atomic mass is 9.95. The summed E-state index contributed by atoms with van der Waals surface area (Å²) >= 11 is 0. The van der Waals surface area contributed by atoms with Gasteiger partial charge in [-0.25, -0.2) is 9.78 Å². The number of ether oxygens (including phenoxy) is 1.